The average Bonchev–Trinajstić information content (AvgIpc) is 2.43. The lowest BCUT2D eigenvalue weighted by Gasteiger charge is -2.10. The quantitative estimate of drug-likeness (QED) is 0.647. The van der Waals surface area contributed by atoms with E-state index in [2.05, 4.69) is 16.9 Å². The van der Waals surface area contributed by atoms with Crippen LogP contribution in [0.1, 0.15) is 22.3 Å². The summed E-state index contributed by atoms with van der Waals surface area (Å²) in [5.74, 6) is 0. The summed E-state index contributed by atoms with van der Waals surface area (Å²) in [7, 11) is 0. The highest BCUT2D eigenvalue weighted by atomic mass is 19.4. The Morgan fingerprint density at radius 2 is 1.43 bits per heavy atom. The van der Waals surface area contributed by atoms with Crippen LogP contribution in [0.3, 0.4) is 0 Å². The van der Waals surface area contributed by atoms with Gasteiger partial charge in [-0.1, -0.05) is 48.0 Å². The third-order valence-electron chi connectivity index (χ3n) is 3.05. The van der Waals surface area contributed by atoms with Crippen molar-refractivity contribution in [3.05, 3.63) is 70.8 Å². The van der Waals surface area contributed by atoms with Gasteiger partial charge in [-0.15, -0.1) is 0 Å². The smallest absolute Gasteiger partial charge is 0.253 e. The van der Waals surface area contributed by atoms with E-state index in [1.54, 1.807) is 6.07 Å². The van der Waals surface area contributed by atoms with Crippen molar-refractivity contribution in [1.29, 1.82) is 0 Å². The first-order valence-electron chi connectivity index (χ1n) is 6.62. The number of hydrogen-bond donors (Lipinski definition) is 2. The first-order chi connectivity index (χ1) is 9.95. The second-order valence-corrected chi connectivity index (χ2v) is 4.89. The van der Waals surface area contributed by atoms with E-state index >= 15 is 0 Å². The first-order valence-corrected chi connectivity index (χ1v) is 6.62. The minimum Gasteiger partial charge on any atom is -0.253 e. The summed E-state index contributed by atoms with van der Waals surface area (Å²) in [4.78, 5) is 0. The second kappa shape index (κ2) is 6.74. The Labute approximate surface area is 122 Å². The molecule has 2 nitrogen and oxygen atoms in total. The van der Waals surface area contributed by atoms with Crippen LogP contribution < -0.4 is 10.9 Å². The van der Waals surface area contributed by atoms with Crippen LogP contribution in [0.25, 0.3) is 0 Å². The van der Waals surface area contributed by atoms with Gasteiger partial charge in [-0.2, -0.15) is 13.2 Å². The Morgan fingerprint density at radius 3 is 2.00 bits per heavy atom. The van der Waals surface area contributed by atoms with E-state index in [1.807, 2.05) is 25.1 Å². The van der Waals surface area contributed by atoms with Crippen molar-refractivity contribution < 1.29 is 13.2 Å². The summed E-state index contributed by atoms with van der Waals surface area (Å²) in [6, 6.07) is 13.3. The fourth-order valence-corrected chi connectivity index (χ4v) is 2.01. The summed E-state index contributed by atoms with van der Waals surface area (Å²) in [5.41, 5.74) is 8.19. The van der Waals surface area contributed by atoms with Crippen LogP contribution in [0.5, 0.6) is 0 Å². The van der Waals surface area contributed by atoms with E-state index in [0.717, 1.165) is 17.7 Å². The SMILES string of the molecule is Cc1cccc(CNNCc2cccc(C(F)(F)F)c2)c1. The van der Waals surface area contributed by atoms with Gasteiger partial charge in [-0.05, 0) is 24.1 Å². The standard InChI is InChI=1S/C16H17F3N2/c1-12-4-2-5-13(8-12)10-20-21-11-14-6-3-7-15(9-14)16(17,18)19/h2-9,20-21H,10-11H2,1H3. The van der Waals surface area contributed by atoms with Gasteiger partial charge in [0.25, 0.3) is 0 Å². The Bertz CT molecular complexity index is 594. The van der Waals surface area contributed by atoms with Crippen molar-refractivity contribution in [2.75, 3.05) is 0 Å². The molecule has 5 heteroatoms. The average molecular weight is 294 g/mol. The molecule has 0 spiro atoms. The van der Waals surface area contributed by atoms with Crippen molar-refractivity contribution in [2.45, 2.75) is 26.2 Å². The maximum absolute atomic E-state index is 12.6. The molecule has 0 saturated heterocycles. The molecular weight excluding hydrogens is 277 g/mol. The number of alkyl halides is 3. The highest BCUT2D eigenvalue weighted by molar-refractivity contribution is 5.25. The van der Waals surface area contributed by atoms with Crippen molar-refractivity contribution in [2.24, 2.45) is 0 Å². The molecule has 0 fully saturated rings. The van der Waals surface area contributed by atoms with Crippen LogP contribution in [-0.4, -0.2) is 0 Å². The van der Waals surface area contributed by atoms with Gasteiger partial charge in [0.15, 0.2) is 0 Å². The summed E-state index contributed by atoms with van der Waals surface area (Å²) in [6.07, 6.45) is -4.30. The maximum atomic E-state index is 12.6. The van der Waals surface area contributed by atoms with Gasteiger partial charge < -0.3 is 0 Å². The summed E-state index contributed by atoms with van der Waals surface area (Å²) in [6.45, 7) is 2.95. The lowest BCUT2D eigenvalue weighted by molar-refractivity contribution is -0.137. The Morgan fingerprint density at radius 1 is 0.857 bits per heavy atom. The van der Waals surface area contributed by atoms with Gasteiger partial charge in [0, 0.05) is 13.1 Å². The van der Waals surface area contributed by atoms with Gasteiger partial charge >= 0.3 is 6.18 Å². The van der Waals surface area contributed by atoms with Crippen LogP contribution >= 0.6 is 0 Å². The van der Waals surface area contributed by atoms with Crippen molar-refractivity contribution in [3.8, 4) is 0 Å². The Hall–Kier alpha value is -1.85. The monoisotopic (exact) mass is 294 g/mol. The van der Waals surface area contributed by atoms with E-state index in [1.165, 1.54) is 11.6 Å². The molecule has 0 aliphatic carbocycles. The number of aryl methyl sites for hydroxylation is 1. The Kier molecular flexibility index (Phi) is 4.98. The van der Waals surface area contributed by atoms with Crippen LogP contribution in [0.4, 0.5) is 13.2 Å². The van der Waals surface area contributed by atoms with E-state index in [9.17, 15) is 13.2 Å². The van der Waals surface area contributed by atoms with E-state index in [4.69, 9.17) is 0 Å². The fourth-order valence-electron chi connectivity index (χ4n) is 2.01. The molecule has 0 aromatic heterocycles. The zero-order valence-electron chi connectivity index (χ0n) is 11.7. The molecule has 2 aromatic rings. The summed E-state index contributed by atoms with van der Waals surface area (Å²) in [5, 5.41) is 0. The number of benzene rings is 2. The van der Waals surface area contributed by atoms with Crippen molar-refractivity contribution in [3.63, 3.8) is 0 Å². The molecular formula is C16H17F3N2. The van der Waals surface area contributed by atoms with Crippen LogP contribution in [0, 0.1) is 6.92 Å². The normalized spacial score (nSPS) is 11.6. The molecule has 2 aromatic carbocycles. The third kappa shape index (κ3) is 4.88. The molecule has 21 heavy (non-hydrogen) atoms. The van der Waals surface area contributed by atoms with Gasteiger partial charge in [0.1, 0.15) is 0 Å². The molecule has 112 valence electrons. The van der Waals surface area contributed by atoms with Gasteiger partial charge in [-0.3, -0.25) is 10.9 Å². The minimum atomic E-state index is -4.30. The van der Waals surface area contributed by atoms with Crippen LogP contribution in [-0.2, 0) is 19.3 Å². The zero-order chi connectivity index (χ0) is 15.3. The largest absolute Gasteiger partial charge is 0.416 e. The van der Waals surface area contributed by atoms with Gasteiger partial charge in [0.05, 0.1) is 5.56 Å². The third-order valence-corrected chi connectivity index (χ3v) is 3.05. The molecule has 0 amide bonds. The lowest BCUT2D eigenvalue weighted by atomic mass is 10.1. The molecule has 0 heterocycles. The topological polar surface area (TPSA) is 24.1 Å². The van der Waals surface area contributed by atoms with Crippen molar-refractivity contribution in [1.82, 2.24) is 10.9 Å². The van der Waals surface area contributed by atoms with Gasteiger partial charge in [0.2, 0.25) is 0 Å². The maximum Gasteiger partial charge on any atom is 0.416 e. The van der Waals surface area contributed by atoms with E-state index < -0.39 is 11.7 Å². The van der Waals surface area contributed by atoms with E-state index in [-0.39, 0.29) is 0 Å². The molecule has 2 N–H and O–H groups in total. The lowest BCUT2D eigenvalue weighted by Crippen LogP contribution is -2.30. The van der Waals surface area contributed by atoms with Crippen LogP contribution in [0.15, 0.2) is 48.5 Å². The number of hydrazine groups is 1. The van der Waals surface area contributed by atoms with Crippen LogP contribution in [0.2, 0.25) is 0 Å². The number of rotatable bonds is 5. The summed E-state index contributed by atoms with van der Waals surface area (Å²) >= 11 is 0. The predicted octanol–water partition coefficient (Wildman–Crippen LogP) is 3.81. The highest BCUT2D eigenvalue weighted by Crippen LogP contribution is 2.29. The molecule has 2 rings (SSSR count). The first kappa shape index (κ1) is 15.5. The predicted molar refractivity (Wildman–Crippen MR) is 76.3 cm³/mol. The molecule has 0 aliphatic heterocycles. The molecule has 0 aliphatic rings. The van der Waals surface area contributed by atoms with Gasteiger partial charge in [-0.25, -0.2) is 0 Å². The van der Waals surface area contributed by atoms with E-state index in [0.29, 0.717) is 18.7 Å². The van der Waals surface area contributed by atoms with Crippen molar-refractivity contribution >= 4 is 0 Å². The minimum absolute atomic E-state index is 0.329. The summed E-state index contributed by atoms with van der Waals surface area (Å²) < 4.78 is 37.7. The second-order valence-electron chi connectivity index (χ2n) is 4.89. The molecule has 0 unspecified atom stereocenters. The number of nitrogens with one attached hydrogen (secondary N) is 2. The molecule has 0 bridgehead atoms. The zero-order valence-corrected chi connectivity index (χ0v) is 11.7. The number of halogens is 3. The highest BCUT2D eigenvalue weighted by Gasteiger charge is 2.30. The fraction of sp³-hybridized carbons (Fsp3) is 0.250. The Balaban J connectivity index is 1.84. The molecule has 0 atom stereocenters. The molecule has 0 radical (unpaired) electrons. The molecule has 0 saturated carbocycles. The number of hydrogen-bond acceptors (Lipinski definition) is 2.